The third-order valence-corrected chi connectivity index (χ3v) is 3.69. The number of aromatic nitrogens is 1. The molecule has 1 heterocycles. The van der Waals surface area contributed by atoms with Crippen LogP contribution in [0.5, 0.6) is 0 Å². The highest BCUT2D eigenvalue weighted by atomic mass is 32.2. The Balaban J connectivity index is 2.28. The summed E-state index contributed by atoms with van der Waals surface area (Å²) >= 11 is 0. The van der Waals surface area contributed by atoms with Crippen molar-refractivity contribution in [2.45, 2.75) is 25.8 Å². The van der Waals surface area contributed by atoms with Gasteiger partial charge in [-0.25, -0.2) is 13.1 Å². The summed E-state index contributed by atoms with van der Waals surface area (Å²) in [4.78, 5) is 3.20. The van der Waals surface area contributed by atoms with E-state index in [0.717, 1.165) is 16.5 Å². The van der Waals surface area contributed by atoms with Crippen molar-refractivity contribution in [2.75, 3.05) is 6.26 Å². The minimum absolute atomic E-state index is 0.501. The highest BCUT2D eigenvalue weighted by Crippen LogP contribution is 2.22. The van der Waals surface area contributed by atoms with E-state index in [1.807, 2.05) is 44.3 Å². The third-order valence-electron chi connectivity index (χ3n) is 2.77. The zero-order valence-electron chi connectivity index (χ0n) is 10.8. The lowest BCUT2D eigenvalue weighted by atomic mass is 9.96. The molecular weight excluding hydrogens is 248 g/mol. The molecule has 4 nitrogen and oxygen atoms in total. The van der Waals surface area contributed by atoms with Gasteiger partial charge in [0.2, 0.25) is 10.0 Å². The van der Waals surface area contributed by atoms with Gasteiger partial charge in [-0.05, 0) is 31.9 Å². The second kappa shape index (κ2) is 4.40. The first-order valence-electron chi connectivity index (χ1n) is 5.81. The average molecular weight is 266 g/mol. The maximum atomic E-state index is 11.3. The Bertz CT molecular complexity index is 656. The molecular formula is C13H18N2O2S. The number of sulfonamides is 1. The molecule has 0 spiro atoms. The number of para-hydroxylation sites is 1. The summed E-state index contributed by atoms with van der Waals surface area (Å²) in [5.74, 6) is 0. The van der Waals surface area contributed by atoms with Crippen molar-refractivity contribution in [1.29, 1.82) is 0 Å². The minimum atomic E-state index is -3.20. The smallest absolute Gasteiger partial charge is 0.209 e. The van der Waals surface area contributed by atoms with Gasteiger partial charge in [0.1, 0.15) is 0 Å². The lowest BCUT2D eigenvalue weighted by molar-refractivity contribution is 0.454. The van der Waals surface area contributed by atoms with Crippen LogP contribution in [-0.4, -0.2) is 25.2 Å². The van der Waals surface area contributed by atoms with Gasteiger partial charge in [-0.1, -0.05) is 18.2 Å². The van der Waals surface area contributed by atoms with Crippen molar-refractivity contribution in [3.63, 3.8) is 0 Å². The molecule has 0 bridgehead atoms. The minimum Gasteiger partial charge on any atom is -0.361 e. The zero-order valence-corrected chi connectivity index (χ0v) is 11.6. The largest absolute Gasteiger partial charge is 0.361 e. The summed E-state index contributed by atoms with van der Waals surface area (Å²) < 4.78 is 25.3. The average Bonchev–Trinajstić information content (AvgIpc) is 2.57. The Morgan fingerprint density at radius 3 is 2.61 bits per heavy atom. The van der Waals surface area contributed by atoms with Crippen molar-refractivity contribution in [1.82, 2.24) is 9.71 Å². The summed E-state index contributed by atoms with van der Waals surface area (Å²) in [5, 5.41) is 1.14. The quantitative estimate of drug-likeness (QED) is 0.889. The monoisotopic (exact) mass is 266 g/mol. The summed E-state index contributed by atoms with van der Waals surface area (Å²) in [7, 11) is -3.20. The second-order valence-corrected chi connectivity index (χ2v) is 7.04. The first-order valence-corrected chi connectivity index (χ1v) is 7.70. The first-order chi connectivity index (χ1) is 8.27. The van der Waals surface area contributed by atoms with E-state index in [1.54, 1.807) is 0 Å². The van der Waals surface area contributed by atoms with Crippen LogP contribution in [0.15, 0.2) is 30.5 Å². The Hall–Kier alpha value is -1.33. The zero-order chi connectivity index (χ0) is 13.4. The molecule has 1 aromatic carbocycles. The molecule has 0 saturated heterocycles. The molecule has 2 aromatic rings. The van der Waals surface area contributed by atoms with E-state index in [-0.39, 0.29) is 0 Å². The van der Waals surface area contributed by atoms with Crippen molar-refractivity contribution in [3.05, 3.63) is 36.0 Å². The van der Waals surface area contributed by atoms with E-state index >= 15 is 0 Å². The van der Waals surface area contributed by atoms with Crippen LogP contribution < -0.4 is 4.72 Å². The molecule has 2 rings (SSSR count). The lowest BCUT2D eigenvalue weighted by Gasteiger charge is -2.24. The van der Waals surface area contributed by atoms with Gasteiger partial charge in [0.15, 0.2) is 0 Å². The number of aromatic amines is 1. The van der Waals surface area contributed by atoms with Crippen LogP contribution in [0.25, 0.3) is 10.9 Å². The van der Waals surface area contributed by atoms with Gasteiger partial charge in [0, 0.05) is 22.6 Å². The van der Waals surface area contributed by atoms with Crippen LogP contribution in [0.3, 0.4) is 0 Å². The molecule has 1 aromatic heterocycles. The summed E-state index contributed by atoms with van der Waals surface area (Å²) in [6.07, 6.45) is 3.77. The molecule has 0 saturated carbocycles. The topological polar surface area (TPSA) is 62.0 Å². The van der Waals surface area contributed by atoms with Gasteiger partial charge in [0.25, 0.3) is 0 Å². The summed E-state index contributed by atoms with van der Waals surface area (Å²) in [6.45, 7) is 3.77. The van der Waals surface area contributed by atoms with Gasteiger partial charge in [-0.15, -0.1) is 0 Å². The van der Waals surface area contributed by atoms with Gasteiger partial charge < -0.3 is 4.98 Å². The van der Waals surface area contributed by atoms with E-state index in [2.05, 4.69) is 9.71 Å². The molecule has 2 N–H and O–H groups in total. The number of rotatable bonds is 4. The van der Waals surface area contributed by atoms with Crippen LogP contribution in [0.2, 0.25) is 0 Å². The predicted molar refractivity (Wildman–Crippen MR) is 74.1 cm³/mol. The number of benzene rings is 1. The predicted octanol–water partition coefficient (Wildman–Crippen LogP) is 2.04. The first kappa shape index (κ1) is 13.1. The highest BCUT2D eigenvalue weighted by molar-refractivity contribution is 7.88. The third kappa shape index (κ3) is 3.11. The summed E-state index contributed by atoms with van der Waals surface area (Å²) in [6, 6.07) is 8.01. The summed E-state index contributed by atoms with van der Waals surface area (Å²) in [5.41, 5.74) is 1.69. The van der Waals surface area contributed by atoms with Gasteiger partial charge in [0.05, 0.1) is 6.26 Å². The van der Waals surface area contributed by atoms with Crippen molar-refractivity contribution >= 4 is 20.9 Å². The van der Waals surface area contributed by atoms with E-state index in [4.69, 9.17) is 0 Å². The SMILES string of the molecule is CC(C)(Cc1c[nH]c2ccccc12)NS(C)(=O)=O. The highest BCUT2D eigenvalue weighted by Gasteiger charge is 2.23. The van der Waals surface area contributed by atoms with E-state index in [1.165, 1.54) is 6.26 Å². The van der Waals surface area contributed by atoms with Gasteiger partial charge >= 0.3 is 0 Å². The maximum Gasteiger partial charge on any atom is 0.209 e. The molecule has 0 aliphatic carbocycles. The molecule has 0 radical (unpaired) electrons. The molecule has 0 aliphatic heterocycles. The number of hydrogen-bond donors (Lipinski definition) is 2. The number of fused-ring (bicyclic) bond motifs is 1. The van der Waals surface area contributed by atoms with E-state index in [0.29, 0.717) is 6.42 Å². The number of H-pyrrole nitrogens is 1. The second-order valence-electron chi connectivity index (χ2n) is 5.29. The molecule has 0 unspecified atom stereocenters. The fraction of sp³-hybridized carbons (Fsp3) is 0.385. The molecule has 0 fully saturated rings. The van der Waals surface area contributed by atoms with Crippen LogP contribution in [0, 0.1) is 0 Å². The van der Waals surface area contributed by atoms with E-state index < -0.39 is 15.6 Å². The van der Waals surface area contributed by atoms with Gasteiger partial charge in [-0.2, -0.15) is 0 Å². The fourth-order valence-corrected chi connectivity index (χ4v) is 3.37. The number of nitrogens with one attached hydrogen (secondary N) is 2. The molecule has 18 heavy (non-hydrogen) atoms. The molecule has 0 aliphatic rings. The van der Waals surface area contributed by atoms with Crippen molar-refractivity contribution in [3.8, 4) is 0 Å². The molecule has 98 valence electrons. The Morgan fingerprint density at radius 1 is 1.28 bits per heavy atom. The fourth-order valence-electron chi connectivity index (χ4n) is 2.29. The van der Waals surface area contributed by atoms with Crippen LogP contribution in [0.4, 0.5) is 0 Å². The van der Waals surface area contributed by atoms with Crippen molar-refractivity contribution in [2.24, 2.45) is 0 Å². The van der Waals surface area contributed by atoms with Crippen LogP contribution in [0.1, 0.15) is 19.4 Å². The number of hydrogen-bond acceptors (Lipinski definition) is 2. The van der Waals surface area contributed by atoms with E-state index in [9.17, 15) is 8.42 Å². The Kier molecular flexibility index (Phi) is 3.21. The molecule has 0 amide bonds. The molecule has 5 heteroatoms. The Morgan fingerprint density at radius 2 is 1.94 bits per heavy atom. The van der Waals surface area contributed by atoms with Gasteiger partial charge in [-0.3, -0.25) is 0 Å². The van der Waals surface area contributed by atoms with Crippen molar-refractivity contribution < 1.29 is 8.42 Å². The standard InChI is InChI=1S/C13H18N2O2S/c1-13(2,15-18(3,16)17)8-10-9-14-12-7-5-4-6-11(10)12/h4-7,9,14-15H,8H2,1-3H3. The lowest BCUT2D eigenvalue weighted by Crippen LogP contribution is -2.44. The Labute approximate surface area is 107 Å². The normalized spacial score (nSPS) is 13.1. The maximum absolute atomic E-state index is 11.3. The van der Waals surface area contributed by atoms with Crippen LogP contribution in [-0.2, 0) is 16.4 Å². The van der Waals surface area contributed by atoms with Crippen LogP contribution >= 0.6 is 0 Å². The molecule has 0 atom stereocenters.